The Labute approximate surface area is 187 Å². The van der Waals surface area contributed by atoms with Gasteiger partial charge >= 0.3 is 5.97 Å². The second kappa shape index (κ2) is 10.3. The van der Waals surface area contributed by atoms with Crippen molar-refractivity contribution in [2.45, 2.75) is 20.8 Å². The highest BCUT2D eigenvalue weighted by atomic mass is 32.2. The maximum absolute atomic E-state index is 12.7. The normalized spacial score (nSPS) is 16.3. The van der Waals surface area contributed by atoms with Crippen LogP contribution in [0, 0.1) is 0 Å². The zero-order chi connectivity index (χ0) is 22.4. The number of amidine groups is 1. The predicted octanol–water partition coefficient (Wildman–Crippen LogP) is 4.94. The highest BCUT2D eigenvalue weighted by Gasteiger charge is 2.30. The topological polar surface area (TPSA) is 62.2 Å². The van der Waals surface area contributed by atoms with E-state index in [1.807, 2.05) is 18.2 Å². The van der Waals surface area contributed by atoms with E-state index < -0.39 is 0 Å². The number of carbonyl (C=O) groups is 2. The Morgan fingerprint density at radius 3 is 2.29 bits per heavy atom. The Bertz CT molecular complexity index is 994. The van der Waals surface area contributed by atoms with Crippen LogP contribution in [0.5, 0.6) is 0 Å². The first-order valence-corrected chi connectivity index (χ1v) is 11.2. The standard InChI is InChI=1S/C24H27N3O3S/c1-5-27(6-2)20-14-8-17(9-15-20)16-21-22(28)26(4)24(31-21)25-19-12-10-18(11-13-19)23(29)30-7-3/h8-16H,5-7H2,1-4H3/b21-16+,25-24?. The molecule has 0 unspecified atom stereocenters. The molecule has 7 heteroatoms. The minimum absolute atomic E-state index is 0.0836. The lowest BCUT2D eigenvalue weighted by molar-refractivity contribution is -0.121. The fourth-order valence-corrected chi connectivity index (χ4v) is 4.16. The minimum Gasteiger partial charge on any atom is -0.462 e. The van der Waals surface area contributed by atoms with E-state index in [0.717, 1.165) is 18.7 Å². The zero-order valence-corrected chi connectivity index (χ0v) is 19.1. The zero-order valence-electron chi connectivity index (χ0n) is 18.3. The van der Waals surface area contributed by atoms with Gasteiger partial charge in [-0.05, 0) is 80.6 Å². The van der Waals surface area contributed by atoms with Crippen molar-refractivity contribution in [3.8, 4) is 0 Å². The van der Waals surface area contributed by atoms with Crippen LogP contribution in [-0.2, 0) is 9.53 Å². The molecule has 1 saturated heterocycles. The van der Waals surface area contributed by atoms with Gasteiger partial charge in [0.15, 0.2) is 5.17 Å². The molecule has 31 heavy (non-hydrogen) atoms. The first-order valence-electron chi connectivity index (χ1n) is 10.3. The van der Waals surface area contributed by atoms with Crippen LogP contribution in [0.15, 0.2) is 58.4 Å². The molecule has 1 aliphatic rings. The van der Waals surface area contributed by atoms with Gasteiger partial charge in [0.05, 0.1) is 22.8 Å². The number of hydrogen-bond donors (Lipinski definition) is 0. The van der Waals surface area contributed by atoms with Crippen LogP contribution in [0.25, 0.3) is 6.08 Å². The Hall–Kier alpha value is -3.06. The number of amides is 1. The van der Waals surface area contributed by atoms with Gasteiger partial charge in [0.1, 0.15) is 0 Å². The molecule has 1 heterocycles. The first kappa shape index (κ1) is 22.6. The lowest BCUT2D eigenvalue weighted by Gasteiger charge is -2.20. The minimum atomic E-state index is -0.360. The Morgan fingerprint density at radius 2 is 1.71 bits per heavy atom. The molecule has 1 fully saturated rings. The molecule has 0 spiro atoms. The molecule has 2 aromatic carbocycles. The van der Waals surface area contributed by atoms with E-state index in [4.69, 9.17) is 4.74 Å². The molecule has 0 atom stereocenters. The molecule has 0 bridgehead atoms. The summed E-state index contributed by atoms with van der Waals surface area (Å²) in [5.41, 5.74) is 3.28. The number of esters is 1. The van der Waals surface area contributed by atoms with E-state index in [0.29, 0.717) is 27.9 Å². The van der Waals surface area contributed by atoms with Gasteiger partial charge in [0, 0.05) is 25.8 Å². The molecular weight excluding hydrogens is 410 g/mol. The maximum Gasteiger partial charge on any atom is 0.338 e. The fraction of sp³-hybridized carbons (Fsp3) is 0.292. The number of rotatable bonds is 7. The Kier molecular flexibility index (Phi) is 7.52. The van der Waals surface area contributed by atoms with E-state index in [-0.39, 0.29) is 11.9 Å². The highest BCUT2D eigenvalue weighted by Crippen LogP contribution is 2.33. The Balaban J connectivity index is 1.76. The van der Waals surface area contributed by atoms with Crippen LogP contribution in [0.1, 0.15) is 36.7 Å². The molecule has 0 aliphatic carbocycles. The third-order valence-electron chi connectivity index (χ3n) is 4.93. The summed E-state index contributed by atoms with van der Waals surface area (Å²) in [6.07, 6.45) is 1.89. The molecule has 1 aliphatic heterocycles. The van der Waals surface area contributed by atoms with Crippen molar-refractivity contribution in [2.75, 3.05) is 31.6 Å². The largest absolute Gasteiger partial charge is 0.462 e. The number of ether oxygens (including phenoxy) is 1. The van der Waals surface area contributed by atoms with Crippen molar-refractivity contribution in [2.24, 2.45) is 4.99 Å². The number of carbonyl (C=O) groups excluding carboxylic acids is 2. The van der Waals surface area contributed by atoms with Crippen LogP contribution in [-0.4, -0.2) is 48.7 Å². The van der Waals surface area contributed by atoms with Crippen LogP contribution in [0.2, 0.25) is 0 Å². The molecule has 1 amide bonds. The number of aliphatic imine (C=N–C) groups is 1. The maximum atomic E-state index is 12.7. The van der Waals surface area contributed by atoms with Gasteiger partial charge in [0.2, 0.25) is 0 Å². The third-order valence-corrected chi connectivity index (χ3v) is 5.99. The predicted molar refractivity (Wildman–Crippen MR) is 128 cm³/mol. The molecule has 6 nitrogen and oxygen atoms in total. The van der Waals surface area contributed by atoms with Gasteiger partial charge in [-0.15, -0.1) is 0 Å². The van der Waals surface area contributed by atoms with Crippen molar-refractivity contribution in [3.63, 3.8) is 0 Å². The van der Waals surface area contributed by atoms with E-state index in [9.17, 15) is 9.59 Å². The molecule has 3 rings (SSSR count). The quantitative estimate of drug-likeness (QED) is 0.453. The van der Waals surface area contributed by atoms with E-state index in [1.54, 1.807) is 43.1 Å². The van der Waals surface area contributed by atoms with E-state index >= 15 is 0 Å². The van der Waals surface area contributed by atoms with Crippen LogP contribution in [0.3, 0.4) is 0 Å². The van der Waals surface area contributed by atoms with Gasteiger partial charge < -0.3 is 9.64 Å². The SMILES string of the molecule is CCOC(=O)c1ccc(N=C2S/C(=C/c3ccc(N(CC)CC)cc3)C(=O)N2C)cc1. The number of hydrogen-bond acceptors (Lipinski definition) is 6. The highest BCUT2D eigenvalue weighted by molar-refractivity contribution is 8.18. The van der Waals surface area contributed by atoms with Crippen molar-refractivity contribution >= 4 is 46.3 Å². The summed E-state index contributed by atoms with van der Waals surface area (Å²) in [5.74, 6) is -0.443. The molecule has 0 N–H and O–H groups in total. The van der Waals surface area contributed by atoms with E-state index in [1.165, 1.54) is 17.4 Å². The van der Waals surface area contributed by atoms with Gasteiger partial charge in [0.25, 0.3) is 5.91 Å². The van der Waals surface area contributed by atoms with Gasteiger partial charge in [-0.3, -0.25) is 9.69 Å². The first-order chi connectivity index (χ1) is 15.0. The summed E-state index contributed by atoms with van der Waals surface area (Å²) in [6.45, 7) is 8.28. The van der Waals surface area contributed by atoms with E-state index in [2.05, 4.69) is 35.9 Å². The number of likely N-dealkylation sites (N-methyl/N-ethyl adjacent to an activating group) is 1. The van der Waals surface area contributed by atoms with Gasteiger partial charge in [-0.1, -0.05) is 12.1 Å². The summed E-state index contributed by atoms with van der Waals surface area (Å²) in [5, 5.41) is 0.597. The monoisotopic (exact) mass is 437 g/mol. The van der Waals surface area contributed by atoms with Crippen molar-refractivity contribution in [1.29, 1.82) is 0 Å². The second-order valence-corrected chi connectivity index (χ2v) is 7.91. The summed E-state index contributed by atoms with van der Waals surface area (Å²) >= 11 is 1.34. The van der Waals surface area contributed by atoms with Crippen molar-refractivity contribution in [1.82, 2.24) is 4.90 Å². The Morgan fingerprint density at radius 1 is 1.06 bits per heavy atom. The molecule has 2 aromatic rings. The van der Waals surface area contributed by atoms with Gasteiger partial charge in [-0.2, -0.15) is 0 Å². The smallest absolute Gasteiger partial charge is 0.338 e. The number of anilines is 1. The molecule has 162 valence electrons. The fourth-order valence-electron chi connectivity index (χ4n) is 3.17. The summed E-state index contributed by atoms with van der Waals surface area (Å²) in [6, 6.07) is 15.0. The van der Waals surface area contributed by atoms with Crippen LogP contribution < -0.4 is 4.90 Å². The van der Waals surface area contributed by atoms with Crippen molar-refractivity contribution < 1.29 is 14.3 Å². The van der Waals surface area contributed by atoms with Crippen molar-refractivity contribution in [3.05, 3.63) is 64.6 Å². The third kappa shape index (κ3) is 5.35. The van der Waals surface area contributed by atoms with Crippen LogP contribution >= 0.6 is 11.8 Å². The lowest BCUT2D eigenvalue weighted by atomic mass is 10.1. The average molecular weight is 438 g/mol. The number of thioether (sulfide) groups is 1. The average Bonchev–Trinajstić information content (AvgIpc) is 3.04. The molecule has 0 aromatic heterocycles. The van der Waals surface area contributed by atoms with Crippen LogP contribution in [0.4, 0.5) is 11.4 Å². The lowest BCUT2D eigenvalue weighted by Crippen LogP contribution is -2.23. The van der Waals surface area contributed by atoms with Gasteiger partial charge in [-0.25, -0.2) is 9.79 Å². The molecule has 0 radical (unpaired) electrons. The summed E-state index contributed by atoms with van der Waals surface area (Å²) in [7, 11) is 1.71. The molecule has 0 saturated carbocycles. The summed E-state index contributed by atoms with van der Waals surface area (Å²) < 4.78 is 4.99. The second-order valence-electron chi connectivity index (χ2n) is 6.90. The summed E-state index contributed by atoms with van der Waals surface area (Å²) in [4.78, 5) is 33.5. The molecular formula is C24H27N3O3S. The number of benzene rings is 2. The number of nitrogens with zero attached hydrogens (tertiary/aromatic N) is 3.